The highest BCUT2D eigenvalue weighted by Crippen LogP contribution is 2.31. The fourth-order valence-electron chi connectivity index (χ4n) is 2.37. The van der Waals surface area contributed by atoms with E-state index in [0.29, 0.717) is 24.0 Å². The standard InChI is InChI=1S/C17H16ClN3O3/c18-13-4-2-1-3-12(13)10-21(9-11-5-6-11)16(22)14-7-20-15(8-19-14)17(23)24/h1-4,7-8,11H,5-6,9-10H2,(H,23,24). The molecule has 1 aromatic carbocycles. The van der Waals surface area contributed by atoms with Crippen LogP contribution in [0, 0.1) is 5.92 Å². The molecule has 0 aliphatic heterocycles. The van der Waals surface area contributed by atoms with Crippen LogP contribution in [0.15, 0.2) is 36.7 Å². The van der Waals surface area contributed by atoms with Crippen molar-refractivity contribution >= 4 is 23.5 Å². The van der Waals surface area contributed by atoms with Crippen LogP contribution in [-0.2, 0) is 6.54 Å². The molecule has 7 heteroatoms. The van der Waals surface area contributed by atoms with Crippen LogP contribution in [0.1, 0.15) is 39.4 Å². The molecule has 1 aromatic heterocycles. The molecule has 24 heavy (non-hydrogen) atoms. The first kappa shape index (κ1) is 16.4. The Balaban J connectivity index is 1.80. The number of benzene rings is 1. The second-order valence-electron chi connectivity index (χ2n) is 5.81. The fraction of sp³-hybridized carbons (Fsp3) is 0.294. The quantitative estimate of drug-likeness (QED) is 0.870. The van der Waals surface area contributed by atoms with Gasteiger partial charge in [0.05, 0.1) is 12.4 Å². The molecule has 0 radical (unpaired) electrons. The molecule has 1 saturated carbocycles. The molecular weight excluding hydrogens is 330 g/mol. The Kier molecular flexibility index (Phi) is 4.76. The first-order valence-corrected chi connectivity index (χ1v) is 8.00. The summed E-state index contributed by atoms with van der Waals surface area (Å²) in [7, 11) is 0. The predicted molar refractivity (Wildman–Crippen MR) is 87.9 cm³/mol. The van der Waals surface area contributed by atoms with Crippen LogP contribution in [0.3, 0.4) is 0 Å². The van der Waals surface area contributed by atoms with Crippen LogP contribution in [-0.4, -0.2) is 38.4 Å². The fourth-order valence-corrected chi connectivity index (χ4v) is 2.57. The van der Waals surface area contributed by atoms with Crippen molar-refractivity contribution in [2.24, 2.45) is 5.92 Å². The number of rotatable bonds is 6. The number of aromatic carboxylic acids is 1. The molecule has 124 valence electrons. The molecule has 3 rings (SSSR count). The van der Waals surface area contributed by atoms with Gasteiger partial charge >= 0.3 is 5.97 Å². The van der Waals surface area contributed by atoms with Gasteiger partial charge < -0.3 is 10.0 Å². The van der Waals surface area contributed by atoms with Gasteiger partial charge in [0.1, 0.15) is 5.69 Å². The van der Waals surface area contributed by atoms with Gasteiger partial charge in [0.15, 0.2) is 5.69 Å². The van der Waals surface area contributed by atoms with Gasteiger partial charge in [-0.25, -0.2) is 14.8 Å². The normalized spacial score (nSPS) is 13.5. The Morgan fingerprint density at radius 2 is 1.83 bits per heavy atom. The van der Waals surface area contributed by atoms with E-state index in [2.05, 4.69) is 9.97 Å². The predicted octanol–water partition coefficient (Wildman–Crippen LogP) is 2.88. The molecule has 1 aliphatic rings. The van der Waals surface area contributed by atoms with Gasteiger partial charge in [0.25, 0.3) is 5.91 Å². The summed E-state index contributed by atoms with van der Waals surface area (Å²) in [5.41, 5.74) is 0.808. The van der Waals surface area contributed by atoms with Gasteiger partial charge in [-0.05, 0) is 30.4 Å². The zero-order valence-corrected chi connectivity index (χ0v) is 13.6. The summed E-state index contributed by atoms with van der Waals surface area (Å²) in [6.07, 6.45) is 4.52. The minimum atomic E-state index is -1.17. The Morgan fingerprint density at radius 1 is 1.17 bits per heavy atom. The zero-order valence-electron chi connectivity index (χ0n) is 12.9. The summed E-state index contributed by atoms with van der Waals surface area (Å²) < 4.78 is 0. The molecule has 0 unspecified atom stereocenters. The van der Waals surface area contributed by atoms with Crippen molar-refractivity contribution in [3.05, 3.63) is 58.6 Å². The number of hydrogen-bond acceptors (Lipinski definition) is 4. The maximum absolute atomic E-state index is 12.7. The summed E-state index contributed by atoms with van der Waals surface area (Å²) >= 11 is 6.20. The Hall–Kier alpha value is -2.47. The van der Waals surface area contributed by atoms with Gasteiger partial charge in [-0.1, -0.05) is 29.8 Å². The van der Waals surface area contributed by atoms with E-state index in [1.165, 1.54) is 6.20 Å². The van der Waals surface area contributed by atoms with E-state index in [9.17, 15) is 9.59 Å². The number of carbonyl (C=O) groups excluding carboxylic acids is 1. The van der Waals surface area contributed by atoms with Crippen LogP contribution < -0.4 is 0 Å². The maximum atomic E-state index is 12.7. The lowest BCUT2D eigenvalue weighted by atomic mass is 10.2. The molecule has 1 aliphatic carbocycles. The maximum Gasteiger partial charge on any atom is 0.356 e. The average molecular weight is 346 g/mol. The van der Waals surface area contributed by atoms with Gasteiger partial charge in [-0.2, -0.15) is 0 Å². The van der Waals surface area contributed by atoms with Crippen molar-refractivity contribution in [2.75, 3.05) is 6.54 Å². The summed E-state index contributed by atoms with van der Waals surface area (Å²) in [5.74, 6) is -0.943. The molecule has 1 amide bonds. The number of carboxylic acids is 1. The van der Waals surface area contributed by atoms with Crippen molar-refractivity contribution < 1.29 is 14.7 Å². The molecule has 1 fully saturated rings. The van der Waals surface area contributed by atoms with Crippen LogP contribution in [0.4, 0.5) is 0 Å². The molecule has 1 N–H and O–H groups in total. The van der Waals surface area contributed by atoms with Gasteiger partial charge in [-0.15, -0.1) is 0 Å². The smallest absolute Gasteiger partial charge is 0.356 e. The van der Waals surface area contributed by atoms with Gasteiger partial charge in [0, 0.05) is 18.1 Å². The minimum absolute atomic E-state index is 0.132. The Morgan fingerprint density at radius 3 is 2.42 bits per heavy atom. The number of aromatic nitrogens is 2. The van der Waals surface area contributed by atoms with Crippen molar-refractivity contribution in [3.63, 3.8) is 0 Å². The molecule has 6 nitrogen and oxygen atoms in total. The summed E-state index contributed by atoms with van der Waals surface area (Å²) in [6.45, 7) is 1.02. The first-order valence-electron chi connectivity index (χ1n) is 7.62. The number of halogens is 1. The number of carbonyl (C=O) groups is 2. The van der Waals surface area contributed by atoms with Crippen molar-refractivity contribution in [3.8, 4) is 0 Å². The van der Waals surface area contributed by atoms with E-state index in [1.807, 2.05) is 18.2 Å². The van der Waals surface area contributed by atoms with Gasteiger partial charge in [-0.3, -0.25) is 4.79 Å². The van der Waals surface area contributed by atoms with Crippen LogP contribution in [0.5, 0.6) is 0 Å². The Labute approximate surface area is 144 Å². The number of nitrogens with zero attached hydrogens (tertiary/aromatic N) is 3. The van der Waals surface area contributed by atoms with E-state index in [1.54, 1.807) is 11.0 Å². The average Bonchev–Trinajstić information content (AvgIpc) is 3.39. The third-order valence-corrected chi connectivity index (χ3v) is 4.24. The lowest BCUT2D eigenvalue weighted by Gasteiger charge is -2.23. The monoisotopic (exact) mass is 345 g/mol. The number of amides is 1. The molecule has 0 atom stereocenters. The van der Waals surface area contributed by atoms with E-state index in [-0.39, 0.29) is 17.3 Å². The van der Waals surface area contributed by atoms with Crippen LogP contribution in [0.25, 0.3) is 0 Å². The van der Waals surface area contributed by atoms with E-state index < -0.39 is 5.97 Å². The molecular formula is C17H16ClN3O3. The van der Waals surface area contributed by atoms with E-state index in [0.717, 1.165) is 24.6 Å². The third kappa shape index (κ3) is 3.89. The SMILES string of the molecule is O=C(O)c1cnc(C(=O)N(Cc2ccccc2Cl)CC2CC2)cn1. The minimum Gasteiger partial charge on any atom is -0.476 e. The molecule has 2 aromatic rings. The molecule has 1 heterocycles. The second-order valence-corrected chi connectivity index (χ2v) is 6.22. The number of hydrogen-bond donors (Lipinski definition) is 1. The van der Waals surface area contributed by atoms with Crippen molar-refractivity contribution in [1.29, 1.82) is 0 Å². The molecule has 0 spiro atoms. The van der Waals surface area contributed by atoms with E-state index in [4.69, 9.17) is 16.7 Å². The van der Waals surface area contributed by atoms with Crippen LogP contribution >= 0.6 is 11.6 Å². The topological polar surface area (TPSA) is 83.4 Å². The van der Waals surface area contributed by atoms with Crippen molar-refractivity contribution in [1.82, 2.24) is 14.9 Å². The molecule has 0 bridgehead atoms. The highest BCUT2D eigenvalue weighted by molar-refractivity contribution is 6.31. The number of carboxylic acid groups (broad SMARTS) is 1. The highest BCUT2D eigenvalue weighted by atomic mass is 35.5. The molecule has 0 saturated heterocycles. The summed E-state index contributed by atoms with van der Waals surface area (Å²) in [5, 5.41) is 9.47. The van der Waals surface area contributed by atoms with Crippen LogP contribution in [0.2, 0.25) is 5.02 Å². The zero-order chi connectivity index (χ0) is 17.1. The lowest BCUT2D eigenvalue weighted by Crippen LogP contribution is -2.33. The summed E-state index contributed by atoms with van der Waals surface area (Å²) in [6, 6.07) is 7.39. The van der Waals surface area contributed by atoms with E-state index >= 15 is 0 Å². The third-order valence-electron chi connectivity index (χ3n) is 3.87. The van der Waals surface area contributed by atoms with Crippen molar-refractivity contribution in [2.45, 2.75) is 19.4 Å². The highest BCUT2D eigenvalue weighted by Gasteiger charge is 2.28. The summed E-state index contributed by atoms with van der Waals surface area (Å²) in [4.78, 5) is 33.0. The first-order chi connectivity index (χ1) is 11.5. The largest absolute Gasteiger partial charge is 0.476 e. The lowest BCUT2D eigenvalue weighted by molar-refractivity contribution is 0.0683. The Bertz CT molecular complexity index is 760. The van der Waals surface area contributed by atoms with Gasteiger partial charge in [0.2, 0.25) is 0 Å². The second kappa shape index (κ2) is 6.97.